The fourth-order valence-corrected chi connectivity index (χ4v) is 2.35. The molecule has 1 aliphatic carbocycles. The molecule has 0 atom stereocenters. The first-order chi connectivity index (χ1) is 8.71. The Balaban J connectivity index is 2.13. The number of carbonyl (C=O) groups is 1. The monoisotopic (exact) mass is 248 g/mol. The molecule has 1 aromatic carbocycles. The number of aliphatic hydroxyl groups is 1. The number of hydrogen-bond acceptors (Lipinski definition) is 3. The van der Waals surface area contributed by atoms with Gasteiger partial charge in [0.05, 0.1) is 12.1 Å². The van der Waals surface area contributed by atoms with Crippen LogP contribution in [0.3, 0.4) is 0 Å². The molecule has 1 aliphatic rings. The molecule has 4 N–H and O–H groups in total. The topological polar surface area (TPSA) is 75.4 Å². The lowest BCUT2D eigenvalue weighted by Gasteiger charge is -2.41. The van der Waals surface area contributed by atoms with Crippen LogP contribution in [-0.4, -0.2) is 29.7 Å². The minimum Gasteiger partial charge on any atom is -0.394 e. The third-order valence-corrected chi connectivity index (χ3v) is 3.67. The minimum atomic E-state index is -0.396. The molecule has 0 unspecified atom stereocenters. The van der Waals surface area contributed by atoms with E-state index in [0.29, 0.717) is 18.5 Å². The van der Waals surface area contributed by atoms with Crippen molar-refractivity contribution in [1.82, 2.24) is 5.32 Å². The van der Waals surface area contributed by atoms with E-state index < -0.39 is 5.54 Å². The number of carbonyl (C=O) groups excluding carboxylic acids is 1. The average molecular weight is 248 g/mol. The van der Waals surface area contributed by atoms with Gasteiger partial charge in [-0.3, -0.25) is 4.79 Å². The van der Waals surface area contributed by atoms with Gasteiger partial charge in [0.1, 0.15) is 0 Å². The van der Waals surface area contributed by atoms with Crippen LogP contribution in [0.15, 0.2) is 24.3 Å². The van der Waals surface area contributed by atoms with Gasteiger partial charge in [0.2, 0.25) is 0 Å². The molecule has 0 saturated heterocycles. The summed E-state index contributed by atoms with van der Waals surface area (Å²) in [6, 6.07) is 7.49. The highest BCUT2D eigenvalue weighted by Crippen LogP contribution is 2.31. The van der Waals surface area contributed by atoms with Gasteiger partial charge in [0.25, 0.3) is 5.91 Å². The maximum absolute atomic E-state index is 12.2. The molecule has 1 fully saturated rings. The van der Waals surface area contributed by atoms with Crippen molar-refractivity contribution in [3.8, 4) is 0 Å². The molecule has 4 heteroatoms. The Morgan fingerprint density at radius 3 is 2.67 bits per heavy atom. The third-order valence-electron chi connectivity index (χ3n) is 3.67. The summed E-state index contributed by atoms with van der Waals surface area (Å²) in [6.07, 6.45) is 3.46. The van der Waals surface area contributed by atoms with Gasteiger partial charge in [-0.15, -0.1) is 0 Å². The van der Waals surface area contributed by atoms with Crippen LogP contribution in [-0.2, 0) is 6.42 Å². The lowest BCUT2D eigenvalue weighted by Crippen LogP contribution is -2.56. The number of nitrogens with one attached hydrogen (secondary N) is 1. The molecule has 0 heterocycles. The normalized spacial score (nSPS) is 17.0. The zero-order valence-electron chi connectivity index (χ0n) is 10.5. The maximum atomic E-state index is 12.2. The smallest absolute Gasteiger partial charge is 0.252 e. The van der Waals surface area contributed by atoms with Gasteiger partial charge in [-0.05, 0) is 43.9 Å². The van der Waals surface area contributed by atoms with Crippen LogP contribution in [0.2, 0.25) is 0 Å². The van der Waals surface area contributed by atoms with Gasteiger partial charge >= 0.3 is 0 Å². The van der Waals surface area contributed by atoms with E-state index in [1.165, 1.54) is 0 Å². The fourth-order valence-electron chi connectivity index (χ4n) is 2.35. The minimum absolute atomic E-state index is 0.0117. The molecule has 1 saturated carbocycles. The summed E-state index contributed by atoms with van der Waals surface area (Å²) < 4.78 is 0. The summed E-state index contributed by atoms with van der Waals surface area (Å²) in [5, 5.41) is 12.3. The van der Waals surface area contributed by atoms with Gasteiger partial charge in [0, 0.05) is 5.56 Å². The van der Waals surface area contributed by atoms with Crippen LogP contribution in [0.25, 0.3) is 0 Å². The average Bonchev–Trinajstić information content (AvgIpc) is 2.35. The van der Waals surface area contributed by atoms with Crippen molar-refractivity contribution in [2.75, 3.05) is 13.2 Å². The van der Waals surface area contributed by atoms with E-state index in [1.807, 2.05) is 24.3 Å². The van der Waals surface area contributed by atoms with Crippen molar-refractivity contribution >= 4 is 5.91 Å². The second-order valence-electron chi connectivity index (χ2n) is 4.94. The predicted molar refractivity (Wildman–Crippen MR) is 70.3 cm³/mol. The van der Waals surface area contributed by atoms with E-state index in [4.69, 9.17) is 5.73 Å². The molecule has 4 nitrogen and oxygen atoms in total. The molecular formula is C14H20N2O2. The molecule has 0 aliphatic heterocycles. The molecule has 1 amide bonds. The molecule has 0 bridgehead atoms. The van der Waals surface area contributed by atoms with E-state index in [9.17, 15) is 9.90 Å². The van der Waals surface area contributed by atoms with Gasteiger partial charge in [-0.25, -0.2) is 0 Å². The van der Waals surface area contributed by atoms with Crippen molar-refractivity contribution in [1.29, 1.82) is 0 Å². The lowest BCUT2D eigenvalue weighted by molar-refractivity contribution is 0.0641. The second-order valence-corrected chi connectivity index (χ2v) is 4.94. The first kappa shape index (κ1) is 13.1. The van der Waals surface area contributed by atoms with Gasteiger partial charge in [0.15, 0.2) is 0 Å². The van der Waals surface area contributed by atoms with E-state index in [-0.39, 0.29) is 12.5 Å². The molecule has 0 aromatic heterocycles. The number of nitrogens with two attached hydrogens (primary N) is 1. The summed E-state index contributed by atoms with van der Waals surface area (Å²) in [7, 11) is 0. The Bertz CT molecular complexity index is 422. The zero-order valence-corrected chi connectivity index (χ0v) is 10.5. The van der Waals surface area contributed by atoms with Crippen molar-refractivity contribution < 1.29 is 9.90 Å². The van der Waals surface area contributed by atoms with Crippen molar-refractivity contribution in [2.45, 2.75) is 31.2 Å². The van der Waals surface area contributed by atoms with E-state index in [2.05, 4.69) is 5.32 Å². The van der Waals surface area contributed by atoms with Crippen molar-refractivity contribution in [3.05, 3.63) is 35.4 Å². The largest absolute Gasteiger partial charge is 0.394 e. The summed E-state index contributed by atoms with van der Waals surface area (Å²) in [4.78, 5) is 12.2. The zero-order chi connectivity index (χ0) is 13.0. The van der Waals surface area contributed by atoms with Gasteiger partial charge < -0.3 is 16.2 Å². The van der Waals surface area contributed by atoms with Crippen LogP contribution in [0.4, 0.5) is 0 Å². The maximum Gasteiger partial charge on any atom is 0.252 e. The second kappa shape index (κ2) is 5.50. The van der Waals surface area contributed by atoms with Crippen molar-refractivity contribution in [3.63, 3.8) is 0 Å². The number of hydrogen-bond donors (Lipinski definition) is 3. The molecule has 0 radical (unpaired) electrons. The van der Waals surface area contributed by atoms with E-state index in [0.717, 1.165) is 24.8 Å². The quantitative estimate of drug-likeness (QED) is 0.722. The number of aliphatic hydroxyl groups excluding tert-OH is 1. The summed E-state index contributed by atoms with van der Waals surface area (Å²) in [5.41, 5.74) is 6.78. The van der Waals surface area contributed by atoms with Crippen LogP contribution in [0, 0.1) is 0 Å². The molecular weight excluding hydrogens is 228 g/mol. The SMILES string of the molecule is NCCc1ccccc1C(=O)NC1(CO)CCC1. The molecule has 2 rings (SSSR count). The Hall–Kier alpha value is -1.39. The Labute approximate surface area is 107 Å². The Morgan fingerprint density at radius 1 is 1.39 bits per heavy atom. The summed E-state index contributed by atoms with van der Waals surface area (Å²) >= 11 is 0. The Morgan fingerprint density at radius 2 is 2.11 bits per heavy atom. The number of benzene rings is 1. The summed E-state index contributed by atoms with van der Waals surface area (Å²) in [5.74, 6) is -0.104. The van der Waals surface area contributed by atoms with E-state index >= 15 is 0 Å². The molecule has 18 heavy (non-hydrogen) atoms. The third kappa shape index (κ3) is 2.54. The van der Waals surface area contributed by atoms with Gasteiger partial charge in [-0.1, -0.05) is 18.2 Å². The molecule has 0 spiro atoms. The number of rotatable bonds is 5. The highest BCUT2D eigenvalue weighted by molar-refractivity contribution is 5.96. The summed E-state index contributed by atoms with van der Waals surface area (Å²) in [6.45, 7) is 0.535. The predicted octanol–water partition coefficient (Wildman–Crippen LogP) is 0.833. The lowest BCUT2D eigenvalue weighted by atomic mass is 9.77. The molecule has 1 aromatic rings. The van der Waals surface area contributed by atoms with Crippen LogP contribution >= 0.6 is 0 Å². The first-order valence-corrected chi connectivity index (χ1v) is 6.42. The van der Waals surface area contributed by atoms with Crippen LogP contribution in [0.1, 0.15) is 35.2 Å². The van der Waals surface area contributed by atoms with Crippen molar-refractivity contribution in [2.24, 2.45) is 5.73 Å². The first-order valence-electron chi connectivity index (χ1n) is 6.42. The highest BCUT2D eigenvalue weighted by atomic mass is 16.3. The van der Waals surface area contributed by atoms with E-state index in [1.54, 1.807) is 0 Å². The van der Waals surface area contributed by atoms with Crippen LogP contribution in [0.5, 0.6) is 0 Å². The number of amides is 1. The Kier molecular flexibility index (Phi) is 3.99. The molecule has 98 valence electrons. The fraction of sp³-hybridized carbons (Fsp3) is 0.500. The van der Waals surface area contributed by atoms with Gasteiger partial charge in [-0.2, -0.15) is 0 Å². The highest BCUT2D eigenvalue weighted by Gasteiger charge is 2.38. The standard InChI is InChI=1S/C14H20N2O2/c15-9-6-11-4-1-2-5-12(11)13(18)16-14(10-17)7-3-8-14/h1-2,4-5,17H,3,6-10,15H2,(H,16,18). The van der Waals surface area contributed by atoms with Crippen LogP contribution < -0.4 is 11.1 Å².